The van der Waals surface area contributed by atoms with Gasteiger partial charge in [0.2, 0.25) is 0 Å². The Bertz CT molecular complexity index is 8400. The SMILES string of the molecule is c1ccc(-c2ccc(-c3nc(-c4ccc(-c5ccccc5)cc4)nc(-c4ccc(-c5cccc6c5-c5ccccc5C65c6ccccc6-n6c7ccccc7c7cccc5c76)cc4)n3)cc2)cc1.c1ccc(-c2cccc(-c3nc(-c4ccccc4)nc(-c4ccc(-c5cccc6c5-c5ccccc5C65c6ccccc6-n6c7ccccc7c7cccc5c76)cc4)n3)c2)cc1. The molecule has 6 heterocycles. The van der Waals surface area contributed by atoms with E-state index in [0.717, 1.165) is 66.8 Å². The van der Waals surface area contributed by atoms with Crippen LogP contribution in [-0.2, 0) is 10.8 Å². The number of para-hydroxylation sites is 6. The molecule has 2 atom stereocenters. The highest BCUT2D eigenvalue weighted by Crippen LogP contribution is 2.65. The molecule has 0 radical (unpaired) electrons. The van der Waals surface area contributed by atoms with Crippen LogP contribution in [0.15, 0.2) is 461 Å². The summed E-state index contributed by atoms with van der Waals surface area (Å²) >= 11 is 0. The highest BCUT2D eigenvalue weighted by atomic mass is 15.1. The summed E-state index contributed by atoms with van der Waals surface area (Å²) in [5, 5.41) is 5.11. The van der Waals surface area contributed by atoms with E-state index in [9.17, 15) is 0 Å². The van der Waals surface area contributed by atoms with Gasteiger partial charge in [-0.25, -0.2) is 29.9 Å². The second kappa shape index (κ2) is 29.7. The van der Waals surface area contributed by atoms with Gasteiger partial charge in [0.1, 0.15) is 0 Å². The van der Waals surface area contributed by atoms with Crippen molar-refractivity contribution in [3.05, 3.63) is 506 Å². The minimum atomic E-state index is -0.515. The maximum atomic E-state index is 5.16. The Hall–Kier alpha value is -17.2. The van der Waals surface area contributed by atoms with Crippen LogP contribution in [0.3, 0.4) is 0 Å². The van der Waals surface area contributed by atoms with Gasteiger partial charge in [0.25, 0.3) is 0 Å². The molecule has 0 N–H and O–H groups in total. The van der Waals surface area contributed by atoms with Gasteiger partial charge < -0.3 is 9.13 Å². The third-order valence-corrected chi connectivity index (χ3v) is 27.4. The molecule has 2 aliphatic heterocycles. The lowest BCUT2D eigenvalue weighted by atomic mass is 9.65. The molecule has 130 heavy (non-hydrogen) atoms. The molecule has 0 bridgehead atoms. The predicted molar refractivity (Wildman–Crippen MR) is 530 cm³/mol. The number of benzene rings is 19. The molecular formula is C122H76N8. The summed E-state index contributed by atoms with van der Waals surface area (Å²) < 4.78 is 5.00. The van der Waals surface area contributed by atoms with Gasteiger partial charge >= 0.3 is 0 Å². The number of hydrogen-bond acceptors (Lipinski definition) is 6. The molecule has 2 aliphatic carbocycles. The summed E-state index contributed by atoms with van der Waals surface area (Å²) in [5.74, 6) is 3.80. The molecular weight excluding hydrogens is 1580 g/mol. The standard InChI is InChI=1S/C64H40N4.C58H36N4/c1-3-15-41(16-4-1)43-29-35-46(36-30-43)61-65-62(47-37-31-44(32-38-47)42-17-5-2-6-18-42)67-63(66-61)48-39-33-45(34-40-48)49-21-13-25-55-59(49)52-20-7-9-23-53(52)64(55)54-24-10-12-28-58(54)68-57-27-11-8-19-50(57)51-22-14-26-56(64)60(51)68;1-3-16-37(17-4-1)41-20-13-21-42(36-41)57-60-55(39-18-5-2-6-19-39)59-56(61-57)40-34-32-38(33-35-40)43-24-14-28-49-53(43)46-23-7-9-26-47(46)58(49)48-27-10-12-31-52(48)62-51-30-11-8-22-44(51)45-25-15-29-50(58)54(45)62/h1-40H;1-36H. The zero-order valence-electron chi connectivity index (χ0n) is 70.5. The molecule has 8 heteroatoms. The first kappa shape index (κ1) is 74.2. The van der Waals surface area contributed by atoms with E-state index in [-0.39, 0.29) is 0 Å². The van der Waals surface area contributed by atoms with Crippen LogP contribution in [0.1, 0.15) is 44.5 Å². The fourth-order valence-corrected chi connectivity index (χ4v) is 21.8. The number of fused-ring (bicyclic) bond motifs is 24. The van der Waals surface area contributed by atoms with E-state index in [1.165, 1.54) is 144 Å². The third-order valence-electron chi connectivity index (χ3n) is 27.4. The van der Waals surface area contributed by atoms with Gasteiger partial charge in [-0.15, -0.1) is 0 Å². The van der Waals surface area contributed by atoms with Crippen molar-refractivity contribution in [2.24, 2.45) is 0 Å². The Morgan fingerprint density at radius 2 is 0.400 bits per heavy atom. The summed E-state index contributed by atoms with van der Waals surface area (Å²) in [6.45, 7) is 0. The van der Waals surface area contributed by atoms with Crippen LogP contribution in [0, 0.1) is 0 Å². The second-order valence-electron chi connectivity index (χ2n) is 34.2. The lowest BCUT2D eigenvalue weighted by molar-refractivity contribution is 0.748. The lowest BCUT2D eigenvalue weighted by Gasteiger charge is -2.39. The van der Waals surface area contributed by atoms with Gasteiger partial charge in [0.05, 0.1) is 44.3 Å². The lowest BCUT2D eigenvalue weighted by Crippen LogP contribution is -2.33. The van der Waals surface area contributed by atoms with Gasteiger partial charge in [0.15, 0.2) is 34.9 Å². The van der Waals surface area contributed by atoms with Crippen LogP contribution < -0.4 is 0 Å². The first-order valence-electron chi connectivity index (χ1n) is 44.5. The fourth-order valence-electron chi connectivity index (χ4n) is 21.8. The van der Waals surface area contributed by atoms with Crippen molar-refractivity contribution < 1.29 is 0 Å². The number of rotatable bonds is 11. The maximum absolute atomic E-state index is 5.16. The zero-order valence-corrected chi connectivity index (χ0v) is 70.5. The Balaban J connectivity index is 0.000000137. The van der Waals surface area contributed by atoms with E-state index < -0.39 is 10.8 Å². The fraction of sp³-hybridized carbons (Fsp3) is 0.0164. The van der Waals surface area contributed by atoms with Gasteiger partial charge in [0, 0.05) is 54.9 Å². The largest absolute Gasteiger partial charge is 0.309 e. The molecule has 4 aliphatic rings. The Morgan fingerprint density at radius 1 is 0.154 bits per heavy atom. The van der Waals surface area contributed by atoms with E-state index >= 15 is 0 Å². The van der Waals surface area contributed by atoms with E-state index in [1.807, 2.05) is 36.4 Å². The van der Waals surface area contributed by atoms with Crippen LogP contribution in [0.5, 0.6) is 0 Å². The van der Waals surface area contributed by atoms with Crippen molar-refractivity contribution in [3.8, 4) is 158 Å². The molecule has 19 aromatic carbocycles. The zero-order chi connectivity index (χ0) is 85.5. The Labute approximate surface area is 751 Å². The quantitative estimate of drug-likeness (QED) is 0.128. The van der Waals surface area contributed by atoms with Crippen LogP contribution in [0.2, 0.25) is 0 Å². The van der Waals surface area contributed by atoms with Crippen LogP contribution in [0.4, 0.5) is 0 Å². The molecule has 2 unspecified atom stereocenters. The topological polar surface area (TPSA) is 87.2 Å². The van der Waals surface area contributed by atoms with E-state index in [4.69, 9.17) is 29.9 Å². The normalized spacial score (nSPS) is 14.4. The highest BCUT2D eigenvalue weighted by Gasteiger charge is 2.53. The molecule has 604 valence electrons. The Kier molecular flexibility index (Phi) is 17.0. The summed E-state index contributed by atoms with van der Waals surface area (Å²) in [6.07, 6.45) is 0. The summed E-state index contributed by atoms with van der Waals surface area (Å²) in [5.41, 5.74) is 39.2. The van der Waals surface area contributed by atoms with Gasteiger partial charge in [-0.2, -0.15) is 0 Å². The van der Waals surface area contributed by atoms with Crippen LogP contribution in [0.25, 0.3) is 201 Å². The molecule has 2 spiro atoms. The van der Waals surface area contributed by atoms with Crippen molar-refractivity contribution in [3.63, 3.8) is 0 Å². The molecule has 0 saturated heterocycles. The van der Waals surface area contributed by atoms with Gasteiger partial charge in [-0.05, 0) is 153 Å². The average Bonchev–Trinajstić information content (AvgIpc) is 1.50. The van der Waals surface area contributed by atoms with E-state index in [1.54, 1.807) is 0 Å². The number of hydrogen-bond donors (Lipinski definition) is 0. The van der Waals surface area contributed by atoms with Crippen molar-refractivity contribution >= 4 is 43.6 Å². The molecule has 0 saturated carbocycles. The minimum absolute atomic E-state index is 0.505. The van der Waals surface area contributed by atoms with Crippen LogP contribution in [-0.4, -0.2) is 39.0 Å². The number of nitrogens with zero attached hydrogens (tertiary/aromatic N) is 8. The van der Waals surface area contributed by atoms with Gasteiger partial charge in [-0.3, -0.25) is 0 Å². The third kappa shape index (κ3) is 11.4. The average molecular weight is 1650 g/mol. The molecule has 23 aromatic rings. The maximum Gasteiger partial charge on any atom is 0.164 e. The second-order valence-corrected chi connectivity index (χ2v) is 34.2. The van der Waals surface area contributed by atoms with Crippen molar-refractivity contribution in [1.82, 2.24) is 39.0 Å². The molecule has 27 rings (SSSR count). The smallest absolute Gasteiger partial charge is 0.164 e. The first-order chi connectivity index (χ1) is 64.5. The summed E-state index contributed by atoms with van der Waals surface area (Å²) in [6, 6.07) is 166. The highest BCUT2D eigenvalue weighted by molar-refractivity contribution is 6.15. The van der Waals surface area contributed by atoms with E-state index in [2.05, 4.69) is 434 Å². The molecule has 8 nitrogen and oxygen atoms in total. The summed E-state index contributed by atoms with van der Waals surface area (Å²) in [7, 11) is 0. The Morgan fingerprint density at radius 3 is 0.808 bits per heavy atom. The molecule has 0 fully saturated rings. The van der Waals surface area contributed by atoms with E-state index in [0.29, 0.717) is 34.9 Å². The minimum Gasteiger partial charge on any atom is -0.309 e. The van der Waals surface area contributed by atoms with Crippen molar-refractivity contribution in [2.75, 3.05) is 0 Å². The van der Waals surface area contributed by atoms with Crippen molar-refractivity contribution in [2.45, 2.75) is 10.8 Å². The van der Waals surface area contributed by atoms with Crippen molar-refractivity contribution in [1.29, 1.82) is 0 Å². The number of aromatic nitrogens is 8. The van der Waals surface area contributed by atoms with Gasteiger partial charge in [-0.1, -0.05) is 431 Å². The molecule has 4 aromatic heterocycles. The predicted octanol–water partition coefficient (Wildman–Crippen LogP) is 29.6. The summed E-state index contributed by atoms with van der Waals surface area (Å²) in [4.78, 5) is 30.7. The molecule has 0 amide bonds. The first-order valence-corrected chi connectivity index (χ1v) is 44.5. The monoisotopic (exact) mass is 1650 g/mol. The van der Waals surface area contributed by atoms with Crippen LogP contribution >= 0.6 is 0 Å².